The van der Waals surface area contributed by atoms with Gasteiger partial charge in [-0.1, -0.05) is 13.0 Å². The lowest BCUT2D eigenvalue weighted by Gasteiger charge is -2.41. The van der Waals surface area contributed by atoms with Gasteiger partial charge in [0.25, 0.3) is 0 Å². The molecule has 3 nitrogen and oxygen atoms in total. The van der Waals surface area contributed by atoms with Crippen molar-refractivity contribution in [2.24, 2.45) is 0 Å². The van der Waals surface area contributed by atoms with E-state index in [0.717, 1.165) is 25.1 Å². The van der Waals surface area contributed by atoms with Crippen LogP contribution >= 0.6 is 0 Å². The fourth-order valence-electron chi connectivity index (χ4n) is 2.82. The third-order valence-corrected chi connectivity index (χ3v) is 3.66. The summed E-state index contributed by atoms with van der Waals surface area (Å²) in [7, 11) is 1.87. The van der Waals surface area contributed by atoms with E-state index in [1.165, 1.54) is 12.1 Å². The van der Waals surface area contributed by atoms with E-state index in [2.05, 4.69) is 17.1 Å². The molecule has 0 saturated carbocycles. The first-order chi connectivity index (χ1) is 9.67. The van der Waals surface area contributed by atoms with Crippen molar-refractivity contribution in [1.82, 2.24) is 10.2 Å². The maximum Gasteiger partial charge on any atom is 0.159 e. The molecule has 2 rings (SSSR count). The van der Waals surface area contributed by atoms with Crippen molar-refractivity contribution in [2.45, 2.75) is 25.5 Å². The molecular formula is C15H22F2N2O. The van der Waals surface area contributed by atoms with Gasteiger partial charge in [0.15, 0.2) is 11.6 Å². The van der Waals surface area contributed by atoms with Gasteiger partial charge in [0.05, 0.1) is 18.8 Å². The lowest BCUT2D eigenvalue weighted by atomic mass is 9.97. The van der Waals surface area contributed by atoms with E-state index in [1.807, 2.05) is 7.05 Å². The highest BCUT2D eigenvalue weighted by atomic mass is 19.2. The second-order valence-electron chi connectivity index (χ2n) is 5.12. The predicted molar refractivity (Wildman–Crippen MR) is 74.6 cm³/mol. The Kier molecular flexibility index (Phi) is 5.46. The van der Waals surface area contributed by atoms with Crippen molar-refractivity contribution in [2.75, 3.05) is 33.3 Å². The summed E-state index contributed by atoms with van der Waals surface area (Å²) in [6.45, 7) is 5.21. The van der Waals surface area contributed by atoms with E-state index in [1.54, 1.807) is 6.07 Å². The van der Waals surface area contributed by atoms with Crippen molar-refractivity contribution in [3.63, 3.8) is 0 Å². The van der Waals surface area contributed by atoms with E-state index in [4.69, 9.17) is 4.74 Å². The molecule has 1 aromatic carbocycles. The van der Waals surface area contributed by atoms with Crippen LogP contribution in [-0.4, -0.2) is 44.3 Å². The summed E-state index contributed by atoms with van der Waals surface area (Å²) in [4.78, 5) is 2.29. The van der Waals surface area contributed by atoms with Crippen molar-refractivity contribution < 1.29 is 13.5 Å². The van der Waals surface area contributed by atoms with Gasteiger partial charge in [-0.15, -0.1) is 0 Å². The zero-order valence-corrected chi connectivity index (χ0v) is 12.0. The van der Waals surface area contributed by atoms with Gasteiger partial charge in [-0.2, -0.15) is 0 Å². The maximum atomic E-state index is 13.5. The summed E-state index contributed by atoms with van der Waals surface area (Å²) in [6, 6.07) is 4.11. The van der Waals surface area contributed by atoms with Gasteiger partial charge in [-0.05, 0) is 37.7 Å². The van der Waals surface area contributed by atoms with Crippen LogP contribution in [0.3, 0.4) is 0 Å². The Morgan fingerprint density at radius 3 is 2.80 bits per heavy atom. The lowest BCUT2D eigenvalue weighted by molar-refractivity contribution is -0.0705. The highest BCUT2D eigenvalue weighted by molar-refractivity contribution is 5.23. The first kappa shape index (κ1) is 15.4. The van der Waals surface area contributed by atoms with E-state index < -0.39 is 11.6 Å². The standard InChI is InChI=1S/C15H22F2N2O/c1-3-6-19-7-8-20-14(10-18-2)15(19)11-4-5-12(16)13(17)9-11/h4-5,9,14-15,18H,3,6-8,10H2,1-2H3. The van der Waals surface area contributed by atoms with E-state index in [9.17, 15) is 8.78 Å². The van der Waals surface area contributed by atoms with Gasteiger partial charge >= 0.3 is 0 Å². The Hall–Kier alpha value is -1.04. The predicted octanol–water partition coefficient (Wildman–Crippen LogP) is 2.34. The van der Waals surface area contributed by atoms with Crippen LogP contribution in [-0.2, 0) is 4.74 Å². The topological polar surface area (TPSA) is 24.5 Å². The molecule has 1 heterocycles. The number of morpholine rings is 1. The third-order valence-electron chi connectivity index (χ3n) is 3.66. The molecule has 1 fully saturated rings. The molecule has 0 aliphatic carbocycles. The van der Waals surface area contributed by atoms with Crippen molar-refractivity contribution >= 4 is 0 Å². The van der Waals surface area contributed by atoms with E-state index in [-0.39, 0.29) is 12.1 Å². The smallest absolute Gasteiger partial charge is 0.159 e. The molecule has 20 heavy (non-hydrogen) atoms. The summed E-state index contributed by atoms with van der Waals surface area (Å²) in [5, 5.41) is 3.11. The minimum absolute atomic E-state index is 0.0359. The van der Waals surface area contributed by atoms with Crippen LogP contribution in [0.15, 0.2) is 18.2 Å². The largest absolute Gasteiger partial charge is 0.374 e. The molecule has 1 aromatic rings. The van der Waals surface area contributed by atoms with Crippen LogP contribution in [0.2, 0.25) is 0 Å². The average Bonchev–Trinajstić information content (AvgIpc) is 2.43. The fraction of sp³-hybridized carbons (Fsp3) is 0.600. The van der Waals surface area contributed by atoms with Crippen molar-refractivity contribution in [3.05, 3.63) is 35.4 Å². The number of benzene rings is 1. The monoisotopic (exact) mass is 284 g/mol. The minimum atomic E-state index is -0.808. The Bertz CT molecular complexity index is 424. The number of ether oxygens (including phenoxy) is 1. The Morgan fingerprint density at radius 2 is 2.15 bits per heavy atom. The summed E-state index contributed by atoms with van der Waals surface area (Å²) in [6.07, 6.45) is 0.970. The fourth-order valence-corrected chi connectivity index (χ4v) is 2.82. The van der Waals surface area contributed by atoms with Gasteiger partial charge in [0, 0.05) is 13.1 Å². The second kappa shape index (κ2) is 7.11. The van der Waals surface area contributed by atoms with Crippen LogP contribution in [0.1, 0.15) is 24.9 Å². The summed E-state index contributed by atoms with van der Waals surface area (Å²) >= 11 is 0. The Balaban J connectivity index is 2.29. The molecular weight excluding hydrogens is 262 g/mol. The first-order valence-electron chi connectivity index (χ1n) is 7.12. The number of rotatable bonds is 5. The Morgan fingerprint density at radius 1 is 1.35 bits per heavy atom. The number of nitrogens with one attached hydrogen (secondary N) is 1. The third kappa shape index (κ3) is 3.34. The molecule has 1 N–H and O–H groups in total. The van der Waals surface area contributed by atoms with Gasteiger partial charge in [-0.25, -0.2) is 8.78 Å². The summed E-state index contributed by atoms with van der Waals surface area (Å²) < 4.78 is 32.4. The molecule has 1 aliphatic heterocycles. The van der Waals surface area contributed by atoms with Gasteiger partial charge in [-0.3, -0.25) is 4.90 Å². The minimum Gasteiger partial charge on any atom is -0.374 e. The van der Waals surface area contributed by atoms with Crippen LogP contribution in [0.25, 0.3) is 0 Å². The normalized spacial score (nSPS) is 24.0. The number of hydrogen-bond acceptors (Lipinski definition) is 3. The van der Waals surface area contributed by atoms with E-state index in [0.29, 0.717) is 13.2 Å². The molecule has 2 unspecified atom stereocenters. The molecule has 0 spiro atoms. The van der Waals surface area contributed by atoms with Gasteiger partial charge in [0.2, 0.25) is 0 Å². The zero-order chi connectivity index (χ0) is 14.5. The molecule has 0 bridgehead atoms. The van der Waals surface area contributed by atoms with Crippen molar-refractivity contribution in [3.8, 4) is 0 Å². The molecule has 0 aromatic heterocycles. The van der Waals surface area contributed by atoms with Gasteiger partial charge < -0.3 is 10.1 Å². The summed E-state index contributed by atoms with van der Waals surface area (Å²) in [5.41, 5.74) is 0.775. The van der Waals surface area contributed by atoms with Crippen molar-refractivity contribution in [1.29, 1.82) is 0 Å². The molecule has 1 aliphatic rings. The molecule has 5 heteroatoms. The molecule has 112 valence electrons. The van der Waals surface area contributed by atoms with Gasteiger partial charge in [0.1, 0.15) is 0 Å². The molecule has 1 saturated heterocycles. The average molecular weight is 284 g/mol. The number of hydrogen-bond donors (Lipinski definition) is 1. The molecule has 2 atom stereocenters. The molecule has 0 amide bonds. The second-order valence-corrected chi connectivity index (χ2v) is 5.12. The van der Waals surface area contributed by atoms with E-state index >= 15 is 0 Å². The zero-order valence-electron chi connectivity index (χ0n) is 12.0. The van der Waals surface area contributed by atoms with Crippen LogP contribution in [0, 0.1) is 11.6 Å². The molecule has 0 radical (unpaired) electrons. The first-order valence-corrected chi connectivity index (χ1v) is 7.12. The number of nitrogens with zero attached hydrogens (tertiary/aromatic N) is 1. The quantitative estimate of drug-likeness (QED) is 0.898. The summed E-state index contributed by atoms with van der Waals surface area (Å²) in [5.74, 6) is -1.61. The van der Waals surface area contributed by atoms with Crippen LogP contribution in [0.5, 0.6) is 0 Å². The highest BCUT2D eigenvalue weighted by Gasteiger charge is 2.33. The number of likely N-dealkylation sites (N-methyl/N-ethyl adjacent to an activating group) is 1. The highest BCUT2D eigenvalue weighted by Crippen LogP contribution is 2.30. The Labute approximate surface area is 118 Å². The lowest BCUT2D eigenvalue weighted by Crippen LogP contribution is -2.48. The van der Waals surface area contributed by atoms with Crippen LogP contribution < -0.4 is 5.32 Å². The maximum absolute atomic E-state index is 13.5. The number of halogens is 2. The van der Waals surface area contributed by atoms with Crippen LogP contribution in [0.4, 0.5) is 8.78 Å². The SMILES string of the molecule is CCCN1CCOC(CNC)C1c1ccc(F)c(F)c1.